The Morgan fingerprint density at radius 1 is 1.30 bits per heavy atom. The molecule has 0 radical (unpaired) electrons. The van der Waals surface area contributed by atoms with Gasteiger partial charge in [-0.25, -0.2) is 9.97 Å². The van der Waals surface area contributed by atoms with E-state index in [9.17, 15) is 4.79 Å². The van der Waals surface area contributed by atoms with E-state index in [0.717, 1.165) is 5.69 Å². The van der Waals surface area contributed by atoms with Gasteiger partial charge in [0.15, 0.2) is 5.65 Å². The predicted octanol–water partition coefficient (Wildman–Crippen LogP) is 3.05. The van der Waals surface area contributed by atoms with Crippen LogP contribution in [-0.4, -0.2) is 20.3 Å². The highest BCUT2D eigenvalue weighted by Gasteiger charge is 2.13. The fourth-order valence-electron chi connectivity index (χ4n) is 1.97. The van der Waals surface area contributed by atoms with Crippen molar-refractivity contribution in [1.82, 2.24) is 14.4 Å². The van der Waals surface area contributed by atoms with Crippen molar-refractivity contribution in [2.45, 2.75) is 6.92 Å². The Labute approximate surface area is 123 Å². The minimum atomic E-state index is -0.163. The summed E-state index contributed by atoms with van der Waals surface area (Å²) in [4.78, 5) is 20.7. The Hall–Kier alpha value is -2.21. The second-order valence-corrected chi connectivity index (χ2v) is 5.12. The monoisotopic (exact) mass is 330 g/mol. The molecule has 0 aliphatic carbocycles. The molecule has 0 saturated heterocycles. The number of hydrogen-bond donors (Lipinski definition) is 1. The van der Waals surface area contributed by atoms with Crippen LogP contribution < -0.4 is 5.32 Å². The van der Waals surface area contributed by atoms with Crippen molar-refractivity contribution in [3.63, 3.8) is 0 Å². The molecule has 0 fully saturated rings. The van der Waals surface area contributed by atoms with Crippen LogP contribution in [0, 0.1) is 6.92 Å². The molecule has 0 spiro atoms. The van der Waals surface area contributed by atoms with E-state index in [0.29, 0.717) is 21.6 Å². The second-order valence-electron chi connectivity index (χ2n) is 4.30. The fourth-order valence-corrected chi connectivity index (χ4v) is 2.28. The number of nitrogens with zero attached hydrogens (tertiary/aromatic N) is 3. The van der Waals surface area contributed by atoms with Crippen LogP contribution in [-0.2, 0) is 0 Å². The molecule has 0 aliphatic heterocycles. The minimum absolute atomic E-state index is 0.163. The van der Waals surface area contributed by atoms with E-state index in [1.54, 1.807) is 28.9 Å². The lowest BCUT2D eigenvalue weighted by Gasteiger charge is -2.06. The van der Waals surface area contributed by atoms with Crippen LogP contribution in [0.5, 0.6) is 0 Å². The van der Waals surface area contributed by atoms with Gasteiger partial charge in [0, 0.05) is 11.8 Å². The largest absolute Gasteiger partial charge is 0.306 e. The zero-order chi connectivity index (χ0) is 14.1. The van der Waals surface area contributed by atoms with Crippen molar-refractivity contribution in [1.29, 1.82) is 0 Å². The van der Waals surface area contributed by atoms with Crippen LogP contribution in [0.1, 0.15) is 16.1 Å². The lowest BCUT2D eigenvalue weighted by atomic mass is 10.2. The number of halogens is 1. The van der Waals surface area contributed by atoms with Crippen LogP contribution in [0.2, 0.25) is 0 Å². The number of aryl methyl sites for hydroxylation is 1. The number of carbonyl (C=O) groups excluding carboxylic acids is 1. The van der Waals surface area contributed by atoms with Gasteiger partial charge >= 0.3 is 0 Å². The zero-order valence-electron chi connectivity index (χ0n) is 10.7. The topological polar surface area (TPSA) is 59.3 Å². The molecule has 3 aromatic rings. The quantitative estimate of drug-likeness (QED) is 0.785. The molecule has 0 saturated carbocycles. The third-order valence-corrected chi connectivity index (χ3v) is 3.33. The SMILES string of the molecule is Cc1nc2cnc(Br)cn2c1NC(=O)c1ccccc1. The maximum absolute atomic E-state index is 12.2. The smallest absolute Gasteiger partial charge is 0.256 e. The summed E-state index contributed by atoms with van der Waals surface area (Å²) < 4.78 is 2.48. The van der Waals surface area contributed by atoms with Crippen LogP contribution in [0.15, 0.2) is 47.3 Å². The molecule has 20 heavy (non-hydrogen) atoms. The van der Waals surface area contributed by atoms with Crippen molar-refractivity contribution in [3.05, 3.63) is 58.6 Å². The molecule has 2 heterocycles. The third kappa shape index (κ3) is 2.30. The summed E-state index contributed by atoms with van der Waals surface area (Å²) in [7, 11) is 0. The van der Waals surface area contributed by atoms with Gasteiger partial charge in [-0.15, -0.1) is 0 Å². The molecule has 100 valence electrons. The van der Waals surface area contributed by atoms with E-state index in [-0.39, 0.29) is 5.91 Å². The van der Waals surface area contributed by atoms with E-state index < -0.39 is 0 Å². The number of anilines is 1. The predicted molar refractivity (Wildman–Crippen MR) is 79.8 cm³/mol. The number of imidazole rings is 1. The number of amides is 1. The first-order chi connectivity index (χ1) is 9.65. The molecule has 5 nitrogen and oxygen atoms in total. The molecule has 0 bridgehead atoms. The first-order valence-electron chi connectivity index (χ1n) is 6.02. The molecule has 2 aromatic heterocycles. The van der Waals surface area contributed by atoms with Crippen molar-refractivity contribution >= 4 is 33.3 Å². The van der Waals surface area contributed by atoms with Gasteiger partial charge in [0.1, 0.15) is 10.4 Å². The van der Waals surface area contributed by atoms with Gasteiger partial charge < -0.3 is 5.32 Å². The zero-order valence-corrected chi connectivity index (χ0v) is 12.3. The Morgan fingerprint density at radius 3 is 2.80 bits per heavy atom. The highest BCUT2D eigenvalue weighted by molar-refractivity contribution is 9.10. The normalized spacial score (nSPS) is 10.7. The molecule has 0 aliphatic rings. The van der Waals surface area contributed by atoms with E-state index in [1.165, 1.54) is 0 Å². The minimum Gasteiger partial charge on any atom is -0.306 e. The number of aromatic nitrogens is 3. The van der Waals surface area contributed by atoms with Gasteiger partial charge in [0.05, 0.1) is 11.9 Å². The molecule has 1 N–H and O–H groups in total. The Balaban J connectivity index is 2.00. The van der Waals surface area contributed by atoms with Gasteiger partial charge in [-0.05, 0) is 35.0 Å². The average Bonchev–Trinajstić information content (AvgIpc) is 2.76. The Kier molecular flexibility index (Phi) is 3.23. The summed E-state index contributed by atoms with van der Waals surface area (Å²) in [6, 6.07) is 9.07. The summed E-state index contributed by atoms with van der Waals surface area (Å²) in [5.74, 6) is 0.486. The number of hydrogen-bond acceptors (Lipinski definition) is 3. The molecule has 6 heteroatoms. The van der Waals surface area contributed by atoms with Crippen molar-refractivity contribution < 1.29 is 4.79 Å². The third-order valence-electron chi connectivity index (χ3n) is 2.92. The summed E-state index contributed by atoms with van der Waals surface area (Å²) in [5, 5.41) is 2.89. The van der Waals surface area contributed by atoms with E-state index in [4.69, 9.17) is 0 Å². The van der Waals surface area contributed by atoms with Crippen molar-refractivity contribution in [2.75, 3.05) is 5.32 Å². The second kappa shape index (κ2) is 5.05. The number of benzene rings is 1. The lowest BCUT2D eigenvalue weighted by Crippen LogP contribution is -2.14. The van der Waals surface area contributed by atoms with Crippen LogP contribution in [0.25, 0.3) is 5.65 Å². The van der Waals surface area contributed by atoms with E-state index in [1.807, 2.05) is 25.1 Å². The molecule has 1 aromatic carbocycles. The van der Waals surface area contributed by atoms with Crippen LogP contribution >= 0.6 is 15.9 Å². The summed E-state index contributed by atoms with van der Waals surface area (Å²) >= 11 is 3.31. The lowest BCUT2D eigenvalue weighted by molar-refractivity contribution is 0.102. The summed E-state index contributed by atoms with van der Waals surface area (Å²) in [6.45, 7) is 1.85. The van der Waals surface area contributed by atoms with Gasteiger partial charge in [-0.1, -0.05) is 18.2 Å². The molecular formula is C14H11BrN4O. The Bertz CT molecular complexity index is 782. The highest BCUT2D eigenvalue weighted by atomic mass is 79.9. The van der Waals surface area contributed by atoms with Crippen LogP contribution in [0.3, 0.4) is 0 Å². The number of nitrogens with one attached hydrogen (secondary N) is 1. The van der Waals surface area contributed by atoms with Gasteiger partial charge in [0.2, 0.25) is 0 Å². The maximum Gasteiger partial charge on any atom is 0.256 e. The van der Waals surface area contributed by atoms with E-state index in [2.05, 4.69) is 31.2 Å². The van der Waals surface area contributed by atoms with Crippen molar-refractivity contribution in [3.8, 4) is 0 Å². The number of fused-ring (bicyclic) bond motifs is 1. The summed E-state index contributed by atoms with van der Waals surface area (Å²) in [6.07, 6.45) is 3.42. The molecular weight excluding hydrogens is 320 g/mol. The Morgan fingerprint density at radius 2 is 2.05 bits per heavy atom. The fraction of sp³-hybridized carbons (Fsp3) is 0.0714. The first-order valence-corrected chi connectivity index (χ1v) is 6.81. The standard InChI is InChI=1S/C14H11BrN4O/c1-9-13(18-14(20)10-5-3-2-4-6-10)19-8-11(15)16-7-12(19)17-9/h2-8H,1H3,(H,18,20). The molecule has 3 rings (SSSR count). The van der Waals surface area contributed by atoms with Gasteiger partial charge in [-0.3, -0.25) is 9.20 Å². The summed E-state index contributed by atoms with van der Waals surface area (Å²) in [5.41, 5.74) is 2.04. The average molecular weight is 331 g/mol. The van der Waals surface area contributed by atoms with Crippen LogP contribution in [0.4, 0.5) is 5.82 Å². The van der Waals surface area contributed by atoms with Gasteiger partial charge in [-0.2, -0.15) is 0 Å². The number of rotatable bonds is 2. The maximum atomic E-state index is 12.2. The molecule has 0 atom stereocenters. The van der Waals surface area contributed by atoms with E-state index >= 15 is 0 Å². The molecule has 0 unspecified atom stereocenters. The number of carbonyl (C=O) groups is 1. The van der Waals surface area contributed by atoms with Gasteiger partial charge in [0.25, 0.3) is 5.91 Å². The van der Waals surface area contributed by atoms with Crippen molar-refractivity contribution in [2.24, 2.45) is 0 Å². The first kappa shape index (κ1) is 12.8. The highest BCUT2D eigenvalue weighted by Crippen LogP contribution is 2.19. The molecule has 1 amide bonds.